The third kappa shape index (κ3) is 4.03. The predicted octanol–water partition coefficient (Wildman–Crippen LogP) is 2.27. The van der Waals surface area contributed by atoms with Gasteiger partial charge < -0.3 is 10.5 Å². The van der Waals surface area contributed by atoms with Gasteiger partial charge in [0.1, 0.15) is 18.2 Å². The van der Waals surface area contributed by atoms with Gasteiger partial charge >= 0.3 is 0 Å². The first kappa shape index (κ1) is 15.5. The molecule has 2 aromatic rings. The number of hydrogen-bond acceptors (Lipinski definition) is 4. The summed E-state index contributed by atoms with van der Waals surface area (Å²) in [6.45, 7) is 0.347. The summed E-state index contributed by atoms with van der Waals surface area (Å²) in [6, 6.07) is 10.8. The zero-order valence-corrected chi connectivity index (χ0v) is 12.4. The van der Waals surface area contributed by atoms with Crippen LogP contribution in [0.5, 0.6) is 5.75 Å². The second-order valence-electron chi connectivity index (χ2n) is 4.66. The van der Waals surface area contributed by atoms with Crippen molar-refractivity contribution in [1.82, 2.24) is 0 Å². The maximum Gasteiger partial charge on any atom is 0.175 e. The summed E-state index contributed by atoms with van der Waals surface area (Å²) < 4.78 is 41.8. The monoisotopic (exact) mass is 309 g/mol. The SMILES string of the molecule is CS(=O)(=O)c1ccc(OCc2ccc(CN)cc2F)cc1. The molecule has 0 aliphatic rings. The summed E-state index contributed by atoms with van der Waals surface area (Å²) in [6.07, 6.45) is 1.14. The van der Waals surface area contributed by atoms with Crippen molar-refractivity contribution in [2.24, 2.45) is 5.73 Å². The lowest BCUT2D eigenvalue weighted by atomic mass is 10.1. The smallest absolute Gasteiger partial charge is 0.175 e. The molecule has 2 rings (SSSR count). The van der Waals surface area contributed by atoms with E-state index in [1.54, 1.807) is 24.3 Å². The van der Waals surface area contributed by atoms with Crippen molar-refractivity contribution < 1.29 is 17.5 Å². The summed E-state index contributed by atoms with van der Waals surface area (Å²) in [5.41, 5.74) is 6.57. The average molecular weight is 309 g/mol. The fraction of sp³-hybridized carbons (Fsp3) is 0.200. The van der Waals surface area contributed by atoms with Crippen molar-refractivity contribution in [3.05, 3.63) is 59.4 Å². The molecule has 0 spiro atoms. The first-order chi connectivity index (χ1) is 9.90. The number of rotatable bonds is 5. The molecule has 2 aromatic carbocycles. The van der Waals surface area contributed by atoms with E-state index in [2.05, 4.69) is 0 Å². The highest BCUT2D eigenvalue weighted by Gasteiger charge is 2.07. The molecule has 112 valence electrons. The van der Waals surface area contributed by atoms with Crippen LogP contribution < -0.4 is 10.5 Å². The van der Waals surface area contributed by atoms with Crippen LogP contribution in [0.1, 0.15) is 11.1 Å². The molecule has 0 aromatic heterocycles. The molecular weight excluding hydrogens is 293 g/mol. The van der Waals surface area contributed by atoms with Crippen molar-refractivity contribution in [1.29, 1.82) is 0 Å². The number of ether oxygens (including phenoxy) is 1. The van der Waals surface area contributed by atoms with Crippen LogP contribution in [-0.4, -0.2) is 14.7 Å². The lowest BCUT2D eigenvalue weighted by molar-refractivity contribution is 0.299. The minimum atomic E-state index is -3.23. The van der Waals surface area contributed by atoms with Crippen molar-refractivity contribution in [2.75, 3.05) is 6.26 Å². The fourth-order valence-electron chi connectivity index (χ4n) is 1.78. The number of nitrogens with two attached hydrogens (primary N) is 1. The molecule has 0 unspecified atom stereocenters. The van der Waals surface area contributed by atoms with Gasteiger partial charge in [0, 0.05) is 18.4 Å². The highest BCUT2D eigenvalue weighted by Crippen LogP contribution is 2.18. The topological polar surface area (TPSA) is 69.4 Å². The van der Waals surface area contributed by atoms with E-state index in [1.807, 2.05) is 0 Å². The largest absolute Gasteiger partial charge is 0.489 e. The Hall–Kier alpha value is -1.92. The summed E-state index contributed by atoms with van der Waals surface area (Å²) in [4.78, 5) is 0.216. The highest BCUT2D eigenvalue weighted by atomic mass is 32.2. The highest BCUT2D eigenvalue weighted by molar-refractivity contribution is 7.90. The molecule has 0 fully saturated rings. The van der Waals surface area contributed by atoms with E-state index in [0.717, 1.165) is 6.26 Å². The van der Waals surface area contributed by atoms with Crippen LogP contribution in [0.4, 0.5) is 4.39 Å². The normalized spacial score (nSPS) is 11.4. The number of hydrogen-bond donors (Lipinski definition) is 1. The van der Waals surface area contributed by atoms with Gasteiger partial charge in [0.15, 0.2) is 9.84 Å². The van der Waals surface area contributed by atoms with Gasteiger partial charge in [-0.1, -0.05) is 12.1 Å². The van der Waals surface area contributed by atoms with Gasteiger partial charge in [-0.05, 0) is 35.9 Å². The first-order valence-corrected chi connectivity index (χ1v) is 8.19. The van der Waals surface area contributed by atoms with Gasteiger partial charge in [0.25, 0.3) is 0 Å². The third-order valence-corrected chi connectivity index (χ3v) is 4.13. The van der Waals surface area contributed by atoms with E-state index in [9.17, 15) is 12.8 Å². The standard InChI is InChI=1S/C15H16FNO3S/c1-21(18,19)14-6-4-13(5-7-14)20-10-12-3-2-11(9-17)8-15(12)16/h2-8H,9-10,17H2,1H3. The van der Waals surface area contributed by atoms with Crippen molar-refractivity contribution in [2.45, 2.75) is 18.0 Å². The van der Waals surface area contributed by atoms with Crippen LogP contribution in [0.2, 0.25) is 0 Å². The molecular formula is C15H16FNO3S. The Morgan fingerprint density at radius 1 is 1.14 bits per heavy atom. The number of sulfone groups is 1. The van der Waals surface area contributed by atoms with Crippen molar-refractivity contribution in [3.63, 3.8) is 0 Å². The second kappa shape index (κ2) is 6.24. The molecule has 4 nitrogen and oxygen atoms in total. The van der Waals surface area contributed by atoms with E-state index >= 15 is 0 Å². The van der Waals surface area contributed by atoms with E-state index in [-0.39, 0.29) is 23.9 Å². The zero-order chi connectivity index (χ0) is 15.5. The quantitative estimate of drug-likeness (QED) is 0.920. The van der Waals surface area contributed by atoms with E-state index in [0.29, 0.717) is 16.9 Å². The van der Waals surface area contributed by atoms with Gasteiger partial charge in [0.05, 0.1) is 4.90 Å². The molecule has 6 heteroatoms. The number of benzene rings is 2. The Balaban J connectivity index is 2.06. The maximum atomic E-state index is 13.7. The van der Waals surface area contributed by atoms with Crippen LogP contribution in [0.25, 0.3) is 0 Å². The Kier molecular flexibility index (Phi) is 4.59. The summed E-state index contributed by atoms with van der Waals surface area (Å²) in [7, 11) is -3.23. The molecule has 21 heavy (non-hydrogen) atoms. The first-order valence-electron chi connectivity index (χ1n) is 6.30. The van der Waals surface area contributed by atoms with Crippen LogP contribution in [0.15, 0.2) is 47.4 Å². The Morgan fingerprint density at radius 3 is 2.33 bits per heavy atom. The molecule has 2 N–H and O–H groups in total. The van der Waals surface area contributed by atoms with Crippen LogP contribution >= 0.6 is 0 Å². The Labute approximate surface area is 123 Å². The third-order valence-electron chi connectivity index (χ3n) is 3.00. The van der Waals surface area contributed by atoms with Gasteiger partial charge in [0.2, 0.25) is 0 Å². The van der Waals surface area contributed by atoms with Gasteiger partial charge in [-0.3, -0.25) is 0 Å². The maximum absolute atomic E-state index is 13.7. The molecule has 0 saturated carbocycles. The molecule has 0 radical (unpaired) electrons. The van der Waals surface area contributed by atoms with Gasteiger partial charge in [-0.25, -0.2) is 12.8 Å². The predicted molar refractivity (Wildman–Crippen MR) is 78.2 cm³/mol. The van der Waals surface area contributed by atoms with E-state index < -0.39 is 9.84 Å². The summed E-state index contributed by atoms with van der Waals surface area (Å²) in [5, 5.41) is 0. The molecule has 0 atom stereocenters. The Morgan fingerprint density at radius 2 is 1.81 bits per heavy atom. The summed E-state index contributed by atoms with van der Waals surface area (Å²) in [5.74, 6) is 0.107. The molecule has 0 aliphatic carbocycles. The fourth-order valence-corrected chi connectivity index (χ4v) is 2.41. The zero-order valence-electron chi connectivity index (χ0n) is 11.5. The molecule has 0 bridgehead atoms. The molecule has 0 amide bonds. The van der Waals surface area contributed by atoms with Gasteiger partial charge in [-0.2, -0.15) is 0 Å². The van der Waals surface area contributed by atoms with Crippen molar-refractivity contribution in [3.8, 4) is 5.75 Å². The van der Waals surface area contributed by atoms with Crippen LogP contribution in [0.3, 0.4) is 0 Å². The Bertz CT molecular complexity index is 727. The number of halogens is 1. The molecule has 0 aliphatic heterocycles. The lowest BCUT2D eigenvalue weighted by Gasteiger charge is -2.08. The van der Waals surface area contributed by atoms with Crippen LogP contribution in [0, 0.1) is 5.82 Å². The minimum absolute atomic E-state index is 0.0644. The van der Waals surface area contributed by atoms with E-state index in [4.69, 9.17) is 10.5 Å². The molecule has 0 saturated heterocycles. The van der Waals surface area contributed by atoms with Gasteiger partial charge in [-0.15, -0.1) is 0 Å². The summed E-state index contributed by atoms with van der Waals surface area (Å²) >= 11 is 0. The minimum Gasteiger partial charge on any atom is -0.489 e. The second-order valence-corrected chi connectivity index (χ2v) is 6.68. The van der Waals surface area contributed by atoms with E-state index in [1.165, 1.54) is 18.2 Å². The van der Waals surface area contributed by atoms with Crippen molar-refractivity contribution >= 4 is 9.84 Å². The lowest BCUT2D eigenvalue weighted by Crippen LogP contribution is -2.02. The molecule has 0 heterocycles. The average Bonchev–Trinajstić information content (AvgIpc) is 2.45. The van der Waals surface area contributed by atoms with Crippen LogP contribution in [-0.2, 0) is 23.0 Å².